The van der Waals surface area contributed by atoms with E-state index in [2.05, 4.69) is 24.5 Å². The Balaban J connectivity index is 2.54. The Labute approximate surface area is 125 Å². The van der Waals surface area contributed by atoms with Gasteiger partial charge in [-0.3, -0.25) is 0 Å². The first-order valence-corrected chi connectivity index (χ1v) is 7.77. The lowest BCUT2D eigenvalue weighted by Gasteiger charge is -2.12. The molecule has 2 rings (SSSR count). The molecule has 110 valence electrons. The van der Waals surface area contributed by atoms with Gasteiger partial charge in [-0.15, -0.1) is 11.6 Å². The maximum absolute atomic E-state index is 5.91. The van der Waals surface area contributed by atoms with E-state index in [0.29, 0.717) is 11.8 Å². The summed E-state index contributed by atoms with van der Waals surface area (Å²) < 4.78 is 8.14. The minimum absolute atomic E-state index is 0.146. The van der Waals surface area contributed by atoms with Crippen molar-refractivity contribution >= 4 is 22.6 Å². The highest BCUT2D eigenvalue weighted by molar-refractivity contribution is 6.17. The second-order valence-electron chi connectivity index (χ2n) is 5.76. The molecular weight excluding hydrogens is 272 g/mol. The number of imidazole rings is 1. The molecule has 2 aromatic rings. The van der Waals surface area contributed by atoms with Crippen molar-refractivity contribution < 1.29 is 4.74 Å². The number of aryl methyl sites for hydroxylation is 1. The molecule has 0 radical (unpaired) electrons. The predicted molar refractivity (Wildman–Crippen MR) is 84.8 cm³/mol. The lowest BCUT2D eigenvalue weighted by atomic mass is 10.2. The van der Waals surface area contributed by atoms with Crippen molar-refractivity contribution in [2.24, 2.45) is 5.92 Å². The molecule has 1 aromatic heterocycles. The van der Waals surface area contributed by atoms with Crippen LogP contribution in [0, 0.1) is 5.92 Å². The zero-order valence-electron chi connectivity index (χ0n) is 12.7. The van der Waals surface area contributed by atoms with Crippen LogP contribution in [-0.2, 0) is 13.0 Å². The number of nitrogens with zero attached hydrogens (tertiary/aromatic N) is 2. The van der Waals surface area contributed by atoms with E-state index in [-0.39, 0.29) is 6.10 Å². The third kappa shape index (κ3) is 3.26. The largest absolute Gasteiger partial charge is 0.489 e. The Hall–Kier alpha value is -1.22. The molecule has 1 heterocycles. The molecule has 1 aromatic carbocycles. The van der Waals surface area contributed by atoms with Crippen molar-refractivity contribution in [3.63, 3.8) is 0 Å². The maximum Gasteiger partial charge on any atom is 0.147 e. The van der Waals surface area contributed by atoms with Crippen LogP contribution in [0.5, 0.6) is 5.75 Å². The topological polar surface area (TPSA) is 27.1 Å². The van der Waals surface area contributed by atoms with Gasteiger partial charge >= 0.3 is 0 Å². The molecule has 0 aliphatic rings. The number of benzene rings is 1. The van der Waals surface area contributed by atoms with Crippen LogP contribution in [0.2, 0.25) is 0 Å². The molecule has 0 aliphatic carbocycles. The molecule has 0 amide bonds. The van der Waals surface area contributed by atoms with Crippen molar-refractivity contribution in [2.45, 2.75) is 46.8 Å². The molecule has 0 unspecified atom stereocenters. The second kappa shape index (κ2) is 6.49. The minimum atomic E-state index is 0.146. The van der Waals surface area contributed by atoms with E-state index in [4.69, 9.17) is 21.3 Å². The van der Waals surface area contributed by atoms with Gasteiger partial charge in [-0.2, -0.15) is 0 Å². The van der Waals surface area contributed by atoms with E-state index in [1.165, 1.54) is 0 Å². The number of hydrogen-bond donors (Lipinski definition) is 0. The van der Waals surface area contributed by atoms with Crippen LogP contribution in [0.15, 0.2) is 18.2 Å². The summed E-state index contributed by atoms with van der Waals surface area (Å²) in [7, 11) is 0. The average Bonchev–Trinajstić information content (AvgIpc) is 2.68. The number of alkyl halides is 1. The number of halogens is 1. The number of rotatable bonds is 6. The quantitative estimate of drug-likeness (QED) is 0.744. The van der Waals surface area contributed by atoms with Crippen LogP contribution >= 0.6 is 11.6 Å². The van der Waals surface area contributed by atoms with Crippen molar-refractivity contribution in [1.82, 2.24) is 9.55 Å². The molecular formula is C16H23ClN2O. The number of ether oxygens (including phenoxy) is 1. The summed E-state index contributed by atoms with van der Waals surface area (Å²) in [6, 6.07) is 6.12. The van der Waals surface area contributed by atoms with E-state index in [1.807, 2.05) is 26.0 Å². The van der Waals surface area contributed by atoms with Gasteiger partial charge in [0.2, 0.25) is 0 Å². The standard InChI is InChI=1S/C16H23ClN2O/c1-11(2)10-19-13-6-5-7-14(20-12(3)4)16(13)18-15(19)8-9-17/h5-7,11-12H,8-10H2,1-4H3. The van der Waals surface area contributed by atoms with Crippen molar-refractivity contribution in [1.29, 1.82) is 0 Å². The molecule has 20 heavy (non-hydrogen) atoms. The van der Waals surface area contributed by atoms with Gasteiger partial charge in [-0.25, -0.2) is 4.98 Å². The molecule has 0 saturated heterocycles. The van der Waals surface area contributed by atoms with E-state index in [1.54, 1.807) is 0 Å². The first-order valence-electron chi connectivity index (χ1n) is 7.23. The van der Waals surface area contributed by atoms with E-state index in [9.17, 15) is 0 Å². The molecule has 3 nitrogen and oxygen atoms in total. The highest BCUT2D eigenvalue weighted by Gasteiger charge is 2.15. The van der Waals surface area contributed by atoms with Crippen molar-refractivity contribution in [3.05, 3.63) is 24.0 Å². The average molecular weight is 295 g/mol. The van der Waals surface area contributed by atoms with E-state index < -0.39 is 0 Å². The number of aromatic nitrogens is 2. The van der Waals surface area contributed by atoms with Crippen LogP contribution in [-0.4, -0.2) is 21.5 Å². The zero-order valence-corrected chi connectivity index (χ0v) is 13.4. The summed E-state index contributed by atoms with van der Waals surface area (Å²) in [6.45, 7) is 9.44. The number of fused-ring (bicyclic) bond motifs is 1. The summed E-state index contributed by atoms with van der Waals surface area (Å²) in [6.07, 6.45) is 0.927. The Bertz CT molecular complexity index is 575. The zero-order chi connectivity index (χ0) is 14.7. The van der Waals surface area contributed by atoms with Crippen LogP contribution in [0.3, 0.4) is 0 Å². The third-order valence-corrected chi connectivity index (χ3v) is 3.24. The number of hydrogen-bond acceptors (Lipinski definition) is 2. The monoisotopic (exact) mass is 294 g/mol. The van der Waals surface area contributed by atoms with Crippen LogP contribution in [0.4, 0.5) is 0 Å². The number of para-hydroxylation sites is 1. The van der Waals surface area contributed by atoms with Crippen LogP contribution < -0.4 is 4.74 Å². The van der Waals surface area contributed by atoms with Gasteiger partial charge in [0.25, 0.3) is 0 Å². The summed E-state index contributed by atoms with van der Waals surface area (Å²) >= 11 is 5.91. The first-order chi connectivity index (χ1) is 9.52. The Morgan fingerprint density at radius 3 is 2.60 bits per heavy atom. The molecule has 0 N–H and O–H groups in total. The third-order valence-electron chi connectivity index (χ3n) is 3.05. The SMILES string of the molecule is CC(C)Cn1c(CCCl)nc2c(OC(C)C)cccc21. The normalized spacial score (nSPS) is 11.8. The second-order valence-corrected chi connectivity index (χ2v) is 6.14. The minimum Gasteiger partial charge on any atom is -0.489 e. The fourth-order valence-corrected chi connectivity index (χ4v) is 2.53. The lowest BCUT2D eigenvalue weighted by Crippen LogP contribution is -2.09. The first kappa shape index (κ1) is 15.2. The summed E-state index contributed by atoms with van der Waals surface area (Å²) in [5.41, 5.74) is 2.08. The smallest absolute Gasteiger partial charge is 0.147 e. The highest BCUT2D eigenvalue weighted by atomic mass is 35.5. The van der Waals surface area contributed by atoms with Crippen molar-refractivity contribution in [2.75, 3.05) is 5.88 Å². The fraction of sp³-hybridized carbons (Fsp3) is 0.562. The molecule has 0 aliphatic heterocycles. The van der Waals surface area contributed by atoms with Gasteiger partial charge in [0.05, 0.1) is 11.6 Å². The Kier molecular flexibility index (Phi) is 4.92. The van der Waals surface area contributed by atoms with Crippen LogP contribution in [0.1, 0.15) is 33.5 Å². The van der Waals surface area contributed by atoms with E-state index in [0.717, 1.165) is 35.6 Å². The van der Waals surface area contributed by atoms with Gasteiger partial charge in [0, 0.05) is 18.8 Å². The highest BCUT2D eigenvalue weighted by Crippen LogP contribution is 2.28. The van der Waals surface area contributed by atoms with Gasteiger partial charge in [0.1, 0.15) is 17.1 Å². The van der Waals surface area contributed by atoms with Crippen molar-refractivity contribution in [3.8, 4) is 5.75 Å². The van der Waals surface area contributed by atoms with Gasteiger partial charge in [-0.05, 0) is 31.9 Å². The summed E-state index contributed by atoms with van der Waals surface area (Å²) in [5, 5.41) is 0. The van der Waals surface area contributed by atoms with Crippen LogP contribution in [0.25, 0.3) is 11.0 Å². The Morgan fingerprint density at radius 1 is 1.25 bits per heavy atom. The summed E-state index contributed by atoms with van der Waals surface area (Å²) in [4.78, 5) is 4.76. The predicted octanol–water partition coefficient (Wildman–Crippen LogP) is 4.26. The lowest BCUT2D eigenvalue weighted by molar-refractivity contribution is 0.245. The Morgan fingerprint density at radius 2 is 2.00 bits per heavy atom. The van der Waals surface area contributed by atoms with Gasteiger partial charge < -0.3 is 9.30 Å². The van der Waals surface area contributed by atoms with Gasteiger partial charge in [0.15, 0.2) is 0 Å². The fourth-order valence-electron chi connectivity index (χ4n) is 2.36. The molecule has 0 atom stereocenters. The molecule has 0 fully saturated rings. The molecule has 0 saturated carbocycles. The maximum atomic E-state index is 5.91. The molecule has 0 spiro atoms. The van der Waals surface area contributed by atoms with E-state index >= 15 is 0 Å². The summed E-state index contributed by atoms with van der Waals surface area (Å²) in [5.74, 6) is 3.05. The molecule has 0 bridgehead atoms. The van der Waals surface area contributed by atoms with Gasteiger partial charge in [-0.1, -0.05) is 19.9 Å². The molecule has 4 heteroatoms.